The van der Waals surface area contributed by atoms with Gasteiger partial charge in [-0.2, -0.15) is 12.7 Å². The second-order valence-corrected chi connectivity index (χ2v) is 7.82. The summed E-state index contributed by atoms with van der Waals surface area (Å²) in [5.41, 5.74) is 6.00. The second kappa shape index (κ2) is 6.52. The first-order valence-corrected chi connectivity index (χ1v) is 9.00. The molecule has 1 saturated carbocycles. The van der Waals surface area contributed by atoms with Gasteiger partial charge in [-0.05, 0) is 25.7 Å². The van der Waals surface area contributed by atoms with Gasteiger partial charge in [-0.25, -0.2) is 4.72 Å². The molecular weight excluding hydrogens is 262 g/mol. The highest BCUT2D eigenvalue weighted by Crippen LogP contribution is 2.24. The number of hydrogen-bond donors (Lipinski definition) is 2. The van der Waals surface area contributed by atoms with Crippen molar-refractivity contribution >= 4 is 10.2 Å². The van der Waals surface area contributed by atoms with Gasteiger partial charge in [0.2, 0.25) is 0 Å². The molecule has 0 unspecified atom stereocenters. The van der Waals surface area contributed by atoms with Crippen LogP contribution in [0.15, 0.2) is 0 Å². The normalized spacial score (nSPS) is 25.9. The standard InChI is InChI=1S/C13H27N3O2S/c14-13(8-4-1-2-5-9-13)12-15-19(17,18)16-10-6-3-7-11-16/h15H,1-12,14H2. The van der Waals surface area contributed by atoms with Crippen LogP contribution in [0.3, 0.4) is 0 Å². The van der Waals surface area contributed by atoms with Crippen molar-refractivity contribution in [1.82, 2.24) is 9.03 Å². The lowest BCUT2D eigenvalue weighted by molar-refractivity contribution is 0.328. The molecule has 19 heavy (non-hydrogen) atoms. The van der Waals surface area contributed by atoms with Crippen molar-refractivity contribution in [1.29, 1.82) is 0 Å². The minimum Gasteiger partial charge on any atom is -0.324 e. The molecule has 2 rings (SSSR count). The Morgan fingerprint density at radius 1 is 0.947 bits per heavy atom. The third-order valence-electron chi connectivity index (χ3n) is 4.36. The van der Waals surface area contributed by atoms with E-state index < -0.39 is 10.2 Å². The van der Waals surface area contributed by atoms with E-state index in [0.29, 0.717) is 19.6 Å². The van der Waals surface area contributed by atoms with E-state index in [1.54, 1.807) is 4.31 Å². The van der Waals surface area contributed by atoms with Gasteiger partial charge in [-0.3, -0.25) is 0 Å². The van der Waals surface area contributed by atoms with E-state index >= 15 is 0 Å². The van der Waals surface area contributed by atoms with Crippen molar-refractivity contribution in [3.05, 3.63) is 0 Å². The molecule has 1 aliphatic heterocycles. The molecule has 0 aromatic rings. The molecule has 0 aromatic carbocycles. The Morgan fingerprint density at radius 3 is 2.05 bits per heavy atom. The molecule has 0 aromatic heterocycles. The van der Waals surface area contributed by atoms with Gasteiger partial charge in [0.25, 0.3) is 10.2 Å². The Hall–Kier alpha value is -0.170. The highest BCUT2D eigenvalue weighted by molar-refractivity contribution is 7.87. The number of piperidine rings is 1. The van der Waals surface area contributed by atoms with Gasteiger partial charge in [-0.1, -0.05) is 32.1 Å². The Balaban J connectivity index is 1.88. The lowest BCUT2D eigenvalue weighted by Gasteiger charge is -2.31. The van der Waals surface area contributed by atoms with Crippen molar-refractivity contribution < 1.29 is 8.42 Å². The molecule has 3 N–H and O–H groups in total. The maximum Gasteiger partial charge on any atom is 0.279 e. The summed E-state index contributed by atoms with van der Waals surface area (Å²) < 4.78 is 28.7. The smallest absolute Gasteiger partial charge is 0.279 e. The highest BCUT2D eigenvalue weighted by Gasteiger charge is 2.30. The molecule has 5 nitrogen and oxygen atoms in total. The van der Waals surface area contributed by atoms with Crippen molar-refractivity contribution in [2.24, 2.45) is 5.73 Å². The molecule has 0 spiro atoms. The predicted molar refractivity (Wildman–Crippen MR) is 77.0 cm³/mol. The summed E-state index contributed by atoms with van der Waals surface area (Å²) in [7, 11) is -3.33. The SMILES string of the molecule is NC1(CNS(=O)(=O)N2CCCCC2)CCCCCC1. The molecule has 6 heteroatoms. The summed E-state index contributed by atoms with van der Waals surface area (Å²) >= 11 is 0. The van der Waals surface area contributed by atoms with Crippen LogP contribution in [0.4, 0.5) is 0 Å². The first kappa shape index (κ1) is 15.2. The predicted octanol–water partition coefficient (Wildman–Crippen LogP) is 1.36. The van der Waals surface area contributed by atoms with Crippen LogP contribution in [-0.4, -0.2) is 37.9 Å². The van der Waals surface area contributed by atoms with Gasteiger partial charge in [0.15, 0.2) is 0 Å². The van der Waals surface area contributed by atoms with Crippen molar-refractivity contribution in [3.63, 3.8) is 0 Å². The van der Waals surface area contributed by atoms with E-state index in [1.165, 1.54) is 12.8 Å². The molecular formula is C13H27N3O2S. The summed E-state index contributed by atoms with van der Waals surface area (Å²) in [5, 5.41) is 0. The number of nitrogens with one attached hydrogen (secondary N) is 1. The van der Waals surface area contributed by atoms with E-state index in [-0.39, 0.29) is 5.54 Å². The van der Waals surface area contributed by atoms with Gasteiger partial charge < -0.3 is 5.73 Å². The topological polar surface area (TPSA) is 75.4 Å². The minimum absolute atomic E-state index is 0.348. The van der Waals surface area contributed by atoms with Crippen LogP contribution in [-0.2, 0) is 10.2 Å². The lowest BCUT2D eigenvalue weighted by Crippen LogP contribution is -2.53. The van der Waals surface area contributed by atoms with Crippen molar-refractivity contribution in [3.8, 4) is 0 Å². The van der Waals surface area contributed by atoms with E-state index in [1.807, 2.05) is 0 Å². The lowest BCUT2D eigenvalue weighted by atomic mass is 9.92. The largest absolute Gasteiger partial charge is 0.324 e. The number of nitrogens with zero attached hydrogens (tertiary/aromatic N) is 1. The van der Waals surface area contributed by atoms with E-state index in [2.05, 4.69) is 4.72 Å². The number of hydrogen-bond acceptors (Lipinski definition) is 3. The maximum atomic E-state index is 12.2. The van der Waals surface area contributed by atoms with Crippen LogP contribution >= 0.6 is 0 Å². The fourth-order valence-electron chi connectivity index (χ4n) is 3.04. The van der Waals surface area contributed by atoms with Crippen LogP contribution in [0.1, 0.15) is 57.8 Å². The van der Waals surface area contributed by atoms with Gasteiger partial charge in [-0.15, -0.1) is 0 Å². The highest BCUT2D eigenvalue weighted by atomic mass is 32.2. The number of nitrogens with two attached hydrogens (primary N) is 1. The average molecular weight is 289 g/mol. The van der Waals surface area contributed by atoms with Crippen molar-refractivity contribution in [2.75, 3.05) is 19.6 Å². The molecule has 0 radical (unpaired) electrons. The molecule has 1 aliphatic carbocycles. The Bertz CT molecular complexity index is 369. The third kappa shape index (κ3) is 4.41. The molecule has 1 heterocycles. The maximum absolute atomic E-state index is 12.2. The van der Waals surface area contributed by atoms with Crippen LogP contribution < -0.4 is 10.5 Å². The molecule has 112 valence electrons. The molecule has 2 fully saturated rings. The summed E-state index contributed by atoms with van der Waals surface area (Å²) in [6.45, 7) is 1.67. The fraction of sp³-hybridized carbons (Fsp3) is 1.00. The Labute approximate surface area is 117 Å². The summed E-state index contributed by atoms with van der Waals surface area (Å²) in [6, 6.07) is 0. The van der Waals surface area contributed by atoms with Gasteiger partial charge in [0, 0.05) is 25.2 Å². The monoisotopic (exact) mass is 289 g/mol. The summed E-state index contributed by atoms with van der Waals surface area (Å²) in [6.07, 6.45) is 9.58. The average Bonchev–Trinajstić information content (AvgIpc) is 2.63. The molecule has 0 atom stereocenters. The fourth-order valence-corrected chi connectivity index (χ4v) is 4.43. The van der Waals surface area contributed by atoms with E-state index in [4.69, 9.17) is 5.73 Å². The molecule has 0 amide bonds. The Kier molecular flexibility index (Phi) is 5.22. The van der Waals surface area contributed by atoms with E-state index in [9.17, 15) is 8.42 Å². The van der Waals surface area contributed by atoms with E-state index in [0.717, 1.165) is 44.9 Å². The second-order valence-electron chi connectivity index (χ2n) is 6.06. The zero-order valence-electron chi connectivity index (χ0n) is 11.7. The van der Waals surface area contributed by atoms with Gasteiger partial charge in [0.1, 0.15) is 0 Å². The van der Waals surface area contributed by atoms with Crippen LogP contribution in [0.25, 0.3) is 0 Å². The summed E-state index contributed by atoms with van der Waals surface area (Å²) in [4.78, 5) is 0. The third-order valence-corrected chi connectivity index (χ3v) is 5.92. The minimum atomic E-state index is -3.33. The zero-order valence-corrected chi connectivity index (χ0v) is 12.6. The molecule has 0 bridgehead atoms. The van der Waals surface area contributed by atoms with Crippen molar-refractivity contribution in [2.45, 2.75) is 63.3 Å². The van der Waals surface area contributed by atoms with Gasteiger partial charge in [0.05, 0.1) is 0 Å². The molecule has 2 aliphatic rings. The first-order chi connectivity index (χ1) is 9.02. The van der Waals surface area contributed by atoms with Crippen LogP contribution in [0.5, 0.6) is 0 Å². The van der Waals surface area contributed by atoms with Crippen LogP contribution in [0, 0.1) is 0 Å². The quantitative estimate of drug-likeness (QED) is 0.767. The summed E-state index contributed by atoms with van der Waals surface area (Å²) in [5.74, 6) is 0. The molecule has 1 saturated heterocycles. The zero-order chi connectivity index (χ0) is 13.8. The Morgan fingerprint density at radius 2 is 1.47 bits per heavy atom. The van der Waals surface area contributed by atoms with Crippen LogP contribution in [0.2, 0.25) is 0 Å². The number of rotatable bonds is 4. The van der Waals surface area contributed by atoms with Gasteiger partial charge >= 0.3 is 0 Å². The first-order valence-electron chi connectivity index (χ1n) is 7.56.